The van der Waals surface area contributed by atoms with E-state index in [2.05, 4.69) is 5.32 Å². The van der Waals surface area contributed by atoms with Crippen molar-refractivity contribution >= 4 is 0 Å². The summed E-state index contributed by atoms with van der Waals surface area (Å²) in [5, 5.41) is 3.13. The van der Waals surface area contributed by atoms with Crippen LogP contribution in [0.4, 0.5) is 8.78 Å². The van der Waals surface area contributed by atoms with Crippen LogP contribution in [0.1, 0.15) is 12.0 Å². The third kappa shape index (κ3) is 3.01. The molecule has 0 saturated carbocycles. The topological polar surface area (TPSA) is 21.3 Å². The number of hydrogen-bond acceptors (Lipinski definition) is 2. The second-order valence-electron chi connectivity index (χ2n) is 4.79. The molecule has 1 heterocycles. The molecule has 2 nitrogen and oxygen atoms in total. The predicted octanol–water partition coefficient (Wildman–Crippen LogP) is 2.13. The van der Waals surface area contributed by atoms with Crippen LogP contribution in [0.2, 0.25) is 0 Å². The summed E-state index contributed by atoms with van der Waals surface area (Å²) in [7, 11) is 1.88. The summed E-state index contributed by atoms with van der Waals surface area (Å²) in [6, 6.07) is 3.71. The Morgan fingerprint density at radius 2 is 2.00 bits per heavy atom. The third-order valence-corrected chi connectivity index (χ3v) is 3.24. The van der Waals surface area contributed by atoms with Crippen LogP contribution in [0.25, 0.3) is 0 Å². The molecule has 1 saturated heterocycles. The van der Waals surface area contributed by atoms with Gasteiger partial charge < -0.3 is 10.1 Å². The van der Waals surface area contributed by atoms with Crippen LogP contribution in [-0.4, -0.2) is 26.8 Å². The molecule has 0 aromatic heterocycles. The van der Waals surface area contributed by atoms with E-state index in [0.29, 0.717) is 18.6 Å². The van der Waals surface area contributed by atoms with Gasteiger partial charge in [-0.05, 0) is 37.6 Å². The van der Waals surface area contributed by atoms with E-state index in [4.69, 9.17) is 4.74 Å². The highest BCUT2D eigenvalue weighted by Crippen LogP contribution is 2.32. The summed E-state index contributed by atoms with van der Waals surface area (Å²) in [6.45, 7) is 2.16. The molecule has 1 aromatic rings. The summed E-state index contributed by atoms with van der Waals surface area (Å²) >= 11 is 0. The zero-order valence-corrected chi connectivity index (χ0v) is 9.93. The largest absolute Gasteiger partial charge is 0.381 e. The fourth-order valence-corrected chi connectivity index (χ4v) is 2.51. The summed E-state index contributed by atoms with van der Waals surface area (Å²) in [4.78, 5) is 0. The summed E-state index contributed by atoms with van der Waals surface area (Å²) in [5.41, 5.74) is 0.665. The first-order valence-corrected chi connectivity index (χ1v) is 5.81. The second kappa shape index (κ2) is 5.10. The molecule has 1 N–H and O–H groups in total. The smallest absolute Gasteiger partial charge is 0.126 e. The normalized spacial score (nSPS) is 24.2. The van der Waals surface area contributed by atoms with Gasteiger partial charge in [0.2, 0.25) is 0 Å². The lowest BCUT2D eigenvalue weighted by Crippen LogP contribution is -2.35. The van der Waals surface area contributed by atoms with Crippen molar-refractivity contribution in [2.45, 2.75) is 12.8 Å². The zero-order valence-electron chi connectivity index (χ0n) is 9.93. The molecule has 1 unspecified atom stereocenters. The molecule has 1 aliphatic heterocycles. The predicted molar refractivity (Wildman–Crippen MR) is 61.9 cm³/mol. The van der Waals surface area contributed by atoms with E-state index in [1.807, 2.05) is 7.05 Å². The van der Waals surface area contributed by atoms with Crippen LogP contribution in [0.15, 0.2) is 18.2 Å². The number of ether oxygens (including phenoxy) is 1. The second-order valence-corrected chi connectivity index (χ2v) is 4.79. The fourth-order valence-electron chi connectivity index (χ4n) is 2.51. The Balaban J connectivity index is 2.17. The molecule has 1 atom stereocenters. The highest BCUT2D eigenvalue weighted by Gasteiger charge is 2.34. The minimum atomic E-state index is -0.515. The van der Waals surface area contributed by atoms with E-state index in [1.54, 1.807) is 0 Å². The Morgan fingerprint density at radius 3 is 2.53 bits per heavy atom. The average Bonchev–Trinajstić information content (AvgIpc) is 2.65. The van der Waals surface area contributed by atoms with E-state index in [-0.39, 0.29) is 5.41 Å². The van der Waals surface area contributed by atoms with E-state index < -0.39 is 11.6 Å². The Bertz CT molecular complexity index is 369. The number of benzene rings is 1. The quantitative estimate of drug-likeness (QED) is 0.872. The van der Waals surface area contributed by atoms with E-state index in [9.17, 15) is 8.78 Å². The van der Waals surface area contributed by atoms with Gasteiger partial charge >= 0.3 is 0 Å². The van der Waals surface area contributed by atoms with E-state index in [1.165, 1.54) is 12.1 Å². The standard InChI is InChI=1S/C13H17F2NO/c1-16-8-13(2-3-17-9-13)7-10-4-11(14)6-12(15)5-10/h4-6,16H,2-3,7-9H2,1H3. The highest BCUT2D eigenvalue weighted by atomic mass is 19.1. The van der Waals surface area contributed by atoms with Gasteiger partial charge in [0.25, 0.3) is 0 Å². The maximum atomic E-state index is 13.1. The van der Waals surface area contributed by atoms with Gasteiger partial charge in [-0.25, -0.2) is 8.78 Å². The number of hydrogen-bond donors (Lipinski definition) is 1. The zero-order chi connectivity index (χ0) is 12.3. The molecule has 0 amide bonds. The van der Waals surface area contributed by atoms with Gasteiger partial charge in [0.15, 0.2) is 0 Å². The highest BCUT2D eigenvalue weighted by molar-refractivity contribution is 5.20. The monoisotopic (exact) mass is 241 g/mol. The van der Waals surface area contributed by atoms with Crippen LogP contribution in [0.5, 0.6) is 0 Å². The third-order valence-electron chi connectivity index (χ3n) is 3.24. The molecule has 2 rings (SSSR count). The van der Waals surface area contributed by atoms with Crippen molar-refractivity contribution in [3.8, 4) is 0 Å². The number of rotatable bonds is 4. The van der Waals surface area contributed by atoms with Crippen molar-refractivity contribution < 1.29 is 13.5 Å². The van der Waals surface area contributed by atoms with Gasteiger partial charge in [-0.2, -0.15) is 0 Å². The van der Waals surface area contributed by atoms with Crippen LogP contribution in [-0.2, 0) is 11.2 Å². The molecule has 0 spiro atoms. The van der Waals surface area contributed by atoms with Gasteiger partial charge in [0.05, 0.1) is 6.61 Å². The Hall–Kier alpha value is -1.00. The van der Waals surface area contributed by atoms with Crippen molar-refractivity contribution in [1.29, 1.82) is 0 Å². The maximum absolute atomic E-state index is 13.1. The first kappa shape index (κ1) is 12.5. The molecule has 1 fully saturated rings. The molecule has 1 aliphatic rings. The van der Waals surface area contributed by atoms with Gasteiger partial charge in [0, 0.05) is 24.6 Å². The van der Waals surface area contributed by atoms with Gasteiger partial charge in [-0.15, -0.1) is 0 Å². The minimum absolute atomic E-state index is 0.0328. The summed E-state index contributed by atoms with van der Waals surface area (Å²) in [5.74, 6) is -1.03. The number of halogens is 2. The summed E-state index contributed by atoms with van der Waals surface area (Å²) < 4.78 is 31.7. The lowest BCUT2D eigenvalue weighted by molar-refractivity contribution is 0.150. The molecule has 0 radical (unpaired) electrons. The average molecular weight is 241 g/mol. The first-order valence-electron chi connectivity index (χ1n) is 5.81. The molecule has 1 aromatic carbocycles. The molecule has 0 bridgehead atoms. The molecular weight excluding hydrogens is 224 g/mol. The molecule has 0 aliphatic carbocycles. The van der Waals surface area contributed by atoms with Crippen molar-refractivity contribution in [1.82, 2.24) is 5.32 Å². The van der Waals surface area contributed by atoms with Gasteiger partial charge in [-0.1, -0.05) is 0 Å². The SMILES string of the molecule is CNCC1(Cc2cc(F)cc(F)c2)CCOC1. The van der Waals surface area contributed by atoms with Crippen molar-refractivity contribution in [3.05, 3.63) is 35.4 Å². The van der Waals surface area contributed by atoms with Crippen molar-refractivity contribution in [2.24, 2.45) is 5.41 Å². The molecular formula is C13H17F2NO. The molecule has 17 heavy (non-hydrogen) atoms. The Morgan fingerprint density at radius 1 is 1.29 bits per heavy atom. The van der Waals surface area contributed by atoms with Crippen LogP contribution in [0, 0.1) is 17.0 Å². The van der Waals surface area contributed by atoms with E-state index >= 15 is 0 Å². The first-order chi connectivity index (χ1) is 8.13. The van der Waals surface area contributed by atoms with E-state index in [0.717, 1.165) is 25.6 Å². The van der Waals surface area contributed by atoms with Gasteiger partial charge in [-0.3, -0.25) is 0 Å². The van der Waals surface area contributed by atoms with Crippen LogP contribution >= 0.6 is 0 Å². The summed E-state index contributed by atoms with van der Waals surface area (Å²) in [6.07, 6.45) is 1.56. The van der Waals surface area contributed by atoms with Gasteiger partial charge in [0.1, 0.15) is 11.6 Å². The minimum Gasteiger partial charge on any atom is -0.381 e. The fraction of sp³-hybridized carbons (Fsp3) is 0.538. The molecule has 4 heteroatoms. The van der Waals surface area contributed by atoms with Crippen LogP contribution in [0.3, 0.4) is 0 Å². The maximum Gasteiger partial charge on any atom is 0.126 e. The Kier molecular flexibility index (Phi) is 3.74. The van der Waals surface area contributed by atoms with Crippen molar-refractivity contribution in [2.75, 3.05) is 26.8 Å². The lowest BCUT2D eigenvalue weighted by atomic mass is 9.81. The van der Waals surface area contributed by atoms with Crippen molar-refractivity contribution in [3.63, 3.8) is 0 Å². The lowest BCUT2D eigenvalue weighted by Gasteiger charge is -2.27. The molecule has 94 valence electrons. The number of nitrogens with one attached hydrogen (secondary N) is 1. The Labute approximate surface area is 100.0 Å². The van der Waals surface area contributed by atoms with Crippen LogP contribution < -0.4 is 5.32 Å².